The smallest absolute Gasteiger partial charge is 0.144 e. The topological polar surface area (TPSA) is 37.8 Å². The van der Waals surface area contributed by atoms with Gasteiger partial charge in [-0.2, -0.15) is 0 Å². The lowest BCUT2D eigenvalue weighted by molar-refractivity contribution is 0.989. The number of anilines is 1. The molecule has 2 aromatic heterocycles. The monoisotopic (exact) mass is 233 g/mol. The fourth-order valence-electron chi connectivity index (χ4n) is 1.40. The average Bonchev–Trinajstić information content (AvgIpc) is 2.76. The Morgan fingerprint density at radius 3 is 2.88 bits per heavy atom. The van der Waals surface area contributed by atoms with Gasteiger partial charge in [-0.3, -0.25) is 4.98 Å². The highest BCUT2D eigenvalue weighted by Crippen LogP contribution is 2.10. The van der Waals surface area contributed by atoms with Crippen molar-refractivity contribution in [2.24, 2.45) is 0 Å². The third kappa shape index (κ3) is 2.79. The number of aryl methyl sites for hydroxylation is 2. The van der Waals surface area contributed by atoms with E-state index in [1.165, 1.54) is 4.88 Å². The normalized spacial score (nSPS) is 10.4. The summed E-state index contributed by atoms with van der Waals surface area (Å²) in [6, 6.07) is 4.23. The Hall–Kier alpha value is -1.42. The van der Waals surface area contributed by atoms with Crippen LogP contribution in [0.15, 0.2) is 23.7 Å². The van der Waals surface area contributed by atoms with E-state index in [9.17, 15) is 0 Å². The number of rotatable bonds is 4. The largest absolute Gasteiger partial charge is 0.368 e. The molecule has 0 fully saturated rings. The van der Waals surface area contributed by atoms with Gasteiger partial charge in [0.2, 0.25) is 0 Å². The number of thiophene rings is 1. The average molecular weight is 233 g/mol. The maximum Gasteiger partial charge on any atom is 0.144 e. The lowest BCUT2D eigenvalue weighted by Crippen LogP contribution is -2.07. The van der Waals surface area contributed by atoms with E-state index in [1.54, 1.807) is 17.5 Å². The highest BCUT2D eigenvalue weighted by Gasteiger charge is 1.99. The molecule has 0 atom stereocenters. The van der Waals surface area contributed by atoms with E-state index in [0.29, 0.717) is 0 Å². The molecular weight excluding hydrogens is 218 g/mol. The first-order valence-electron chi connectivity index (χ1n) is 5.32. The molecule has 2 rings (SSSR count). The van der Waals surface area contributed by atoms with Crippen LogP contribution in [0.2, 0.25) is 0 Å². The van der Waals surface area contributed by atoms with Gasteiger partial charge in [0.25, 0.3) is 0 Å². The van der Waals surface area contributed by atoms with Crippen LogP contribution in [0.3, 0.4) is 0 Å². The summed E-state index contributed by atoms with van der Waals surface area (Å²) in [5, 5.41) is 5.39. The second-order valence-electron chi connectivity index (χ2n) is 3.68. The van der Waals surface area contributed by atoms with E-state index in [1.807, 2.05) is 13.8 Å². The first kappa shape index (κ1) is 11.1. The SMILES string of the molecule is Cc1ncc(NCCc2cccs2)nc1C. The zero-order valence-corrected chi connectivity index (χ0v) is 10.3. The van der Waals surface area contributed by atoms with Crippen molar-refractivity contribution in [3.8, 4) is 0 Å². The summed E-state index contributed by atoms with van der Waals surface area (Å²) in [4.78, 5) is 10.1. The van der Waals surface area contributed by atoms with Crippen LogP contribution in [-0.2, 0) is 6.42 Å². The van der Waals surface area contributed by atoms with Crippen molar-refractivity contribution in [1.82, 2.24) is 9.97 Å². The van der Waals surface area contributed by atoms with Crippen LogP contribution in [0.1, 0.15) is 16.3 Å². The van der Waals surface area contributed by atoms with Crippen LogP contribution in [-0.4, -0.2) is 16.5 Å². The van der Waals surface area contributed by atoms with Crippen LogP contribution >= 0.6 is 11.3 Å². The van der Waals surface area contributed by atoms with E-state index in [-0.39, 0.29) is 0 Å². The predicted molar refractivity (Wildman–Crippen MR) is 68.0 cm³/mol. The minimum atomic E-state index is 0.861. The van der Waals surface area contributed by atoms with E-state index < -0.39 is 0 Å². The molecule has 0 radical (unpaired) electrons. The second kappa shape index (κ2) is 5.07. The van der Waals surface area contributed by atoms with Gasteiger partial charge < -0.3 is 5.32 Å². The molecule has 16 heavy (non-hydrogen) atoms. The molecular formula is C12H15N3S. The summed E-state index contributed by atoms with van der Waals surface area (Å²) in [6.07, 6.45) is 2.82. The fraction of sp³-hybridized carbons (Fsp3) is 0.333. The Morgan fingerprint density at radius 2 is 2.19 bits per heavy atom. The molecule has 1 N–H and O–H groups in total. The molecule has 0 saturated heterocycles. The van der Waals surface area contributed by atoms with Gasteiger partial charge in [-0.25, -0.2) is 4.98 Å². The molecule has 0 saturated carbocycles. The van der Waals surface area contributed by atoms with Crippen LogP contribution in [0.25, 0.3) is 0 Å². The van der Waals surface area contributed by atoms with E-state index >= 15 is 0 Å². The van der Waals surface area contributed by atoms with Crippen molar-refractivity contribution in [2.45, 2.75) is 20.3 Å². The van der Waals surface area contributed by atoms with Crippen molar-refractivity contribution in [3.63, 3.8) is 0 Å². The van der Waals surface area contributed by atoms with Crippen LogP contribution in [0.5, 0.6) is 0 Å². The Bertz CT molecular complexity index is 451. The standard InChI is InChI=1S/C12H15N3S/c1-9-10(2)15-12(8-14-9)13-6-5-11-4-3-7-16-11/h3-4,7-8H,5-6H2,1-2H3,(H,13,15). The van der Waals surface area contributed by atoms with Crippen molar-refractivity contribution in [2.75, 3.05) is 11.9 Å². The molecule has 0 aliphatic rings. The maximum atomic E-state index is 4.42. The lowest BCUT2D eigenvalue weighted by Gasteiger charge is -2.06. The van der Waals surface area contributed by atoms with Gasteiger partial charge in [-0.05, 0) is 31.7 Å². The molecule has 0 unspecified atom stereocenters. The number of nitrogens with zero attached hydrogens (tertiary/aromatic N) is 2. The Balaban J connectivity index is 1.87. The highest BCUT2D eigenvalue weighted by atomic mass is 32.1. The highest BCUT2D eigenvalue weighted by molar-refractivity contribution is 7.09. The number of hydrogen-bond acceptors (Lipinski definition) is 4. The molecule has 2 aromatic rings. The lowest BCUT2D eigenvalue weighted by atomic mass is 10.3. The minimum Gasteiger partial charge on any atom is -0.368 e. The molecule has 3 nitrogen and oxygen atoms in total. The fourth-order valence-corrected chi connectivity index (χ4v) is 2.10. The summed E-state index contributed by atoms with van der Waals surface area (Å²) in [6.45, 7) is 4.85. The van der Waals surface area contributed by atoms with Crippen LogP contribution in [0, 0.1) is 13.8 Å². The molecule has 4 heteroatoms. The number of aromatic nitrogens is 2. The van der Waals surface area contributed by atoms with Gasteiger partial charge in [0, 0.05) is 11.4 Å². The molecule has 0 amide bonds. The Labute approximate surface area is 99.6 Å². The number of nitrogens with one attached hydrogen (secondary N) is 1. The van der Waals surface area contributed by atoms with Gasteiger partial charge in [0.05, 0.1) is 17.6 Å². The number of hydrogen-bond donors (Lipinski definition) is 1. The zero-order chi connectivity index (χ0) is 11.4. The summed E-state index contributed by atoms with van der Waals surface area (Å²) in [7, 11) is 0. The third-order valence-electron chi connectivity index (χ3n) is 2.45. The summed E-state index contributed by atoms with van der Waals surface area (Å²) >= 11 is 1.79. The van der Waals surface area contributed by atoms with Crippen molar-refractivity contribution in [1.29, 1.82) is 0 Å². The first-order valence-corrected chi connectivity index (χ1v) is 6.20. The van der Waals surface area contributed by atoms with Crippen molar-refractivity contribution in [3.05, 3.63) is 40.0 Å². The van der Waals surface area contributed by atoms with Gasteiger partial charge in [0.1, 0.15) is 5.82 Å². The summed E-state index contributed by atoms with van der Waals surface area (Å²) in [5.41, 5.74) is 1.98. The van der Waals surface area contributed by atoms with Crippen LogP contribution in [0.4, 0.5) is 5.82 Å². The Morgan fingerprint density at radius 1 is 1.31 bits per heavy atom. The third-order valence-corrected chi connectivity index (χ3v) is 3.39. The van der Waals surface area contributed by atoms with Gasteiger partial charge in [-0.15, -0.1) is 11.3 Å². The van der Waals surface area contributed by atoms with Crippen LogP contribution < -0.4 is 5.32 Å². The van der Waals surface area contributed by atoms with Crippen molar-refractivity contribution < 1.29 is 0 Å². The molecule has 0 aliphatic heterocycles. The summed E-state index contributed by atoms with van der Waals surface area (Å²) < 4.78 is 0. The minimum absolute atomic E-state index is 0.861. The molecule has 0 spiro atoms. The zero-order valence-electron chi connectivity index (χ0n) is 9.53. The molecule has 0 aromatic carbocycles. The van der Waals surface area contributed by atoms with Gasteiger partial charge in [0.15, 0.2) is 0 Å². The molecule has 0 aliphatic carbocycles. The van der Waals surface area contributed by atoms with Gasteiger partial charge >= 0.3 is 0 Å². The van der Waals surface area contributed by atoms with E-state index in [0.717, 1.165) is 30.2 Å². The van der Waals surface area contributed by atoms with Gasteiger partial charge in [-0.1, -0.05) is 6.07 Å². The first-order chi connectivity index (χ1) is 7.75. The second-order valence-corrected chi connectivity index (χ2v) is 4.71. The summed E-state index contributed by atoms with van der Waals surface area (Å²) in [5.74, 6) is 0.861. The molecule has 84 valence electrons. The molecule has 0 bridgehead atoms. The quantitative estimate of drug-likeness (QED) is 0.882. The van der Waals surface area contributed by atoms with E-state index in [4.69, 9.17) is 0 Å². The predicted octanol–water partition coefficient (Wildman–Crippen LogP) is 2.81. The Kier molecular flexibility index (Phi) is 3.51. The molecule has 2 heterocycles. The van der Waals surface area contributed by atoms with Crippen molar-refractivity contribution >= 4 is 17.2 Å². The maximum absolute atomic E-state index is 4.42. The van der Waals surface area contributed by atoms with E-state index in [2.05, 4.69) is 32.8 Å².